The van der Waals surface area contributed by atoms with Crippen molar-refractivity contribution in [2.45, 2.75) is 6.18 Å². The molecule has 0 unspecified atom stereocenters. The molecule has 8 heteroatoms. The Hall–Kier alpha value is -1.92. The van der Waals surface area contributed by atoms with Gasteiger partial charge in [0.15, 0.2) is 5.75 Å². The number of hydrogen-bond acceptors (Lipinski definition) is 2. The zero-order chi connectivity index (χ0) is 17.2. The van der Waals surface area contributed by atoms with Crippen molar-refractivity contribution >= 4 is 34.8 Å². The third-order valence-corrected chi connectivity index (χ3v) is 3.47. The number of benzene rings is 2. The second-order valence-corrected chi connectivity index (χ2v) is 5.32. The quantitative estimate of drug-likeness (QED) is 0.806. The first-order chi connectivity index (χ1) is 10.7. The Kier molecular flexibility index (Phi) is 5.06. The number of ether oxygens (including phenoxy) is 1. The number of anilines is 1. The van der Waals surface area contributed by atoms with Gasteiger partial charge < -0.3 is 10.1 Å². The van der Waals surface area contributed by atoms with Gasteiger partial charge in [-0.2, -0.15) is 13.2 Å². The summed E-state index contributed by atoms with van der Waals surface area (Å²) in [6, 6.07) is 6.93. The fourth-order valence-electron chi connectivity index (χ4n) is 1.86. The number of nitrogens with one attached hydrogen (secondary N) is 1. The molecule has 0 saturated carbocycles. The maximum atomic E-state index is 12.7. The molecule has 0 radical (unpaired) electrons. The summed E-state index contributed by atoms with van der Waals surface area (Å²) in [6.07, 6.45) is -4.49. The molecule has 0 atom stereocenters. The lowest BCUT2D eigenvalue weighted by Crippen LogP contribution is -2.13. The van der Waals surface area contributed by atoms with Gasteiger partial charge >= 0.3 is 6.18 Å². The van der Waals surface area contributed by atoms with Crippen molar-refractivity contribution in [3.8, 4) is 5.75 Å². The summed E-state index contributed by atoms with van der Waals surface area (Å²) in [7, 11) is 1.37. The number of amides is 1. The van der Waals surface area contributed by atoms with Crippen LogP contribution in [0.5, 0.6) is 5.75 Å². The normalized spacial score (nSPS) is 11.2. The van der Waals surface area contributed by atoms with Crippen LogP contribution in [0.25, 0.3) is 0 Å². The molecule has 3 nitrogen and oxygen atoms in total. The van der Waals surface area contributed by atoms with Crippen LogP contribution in [0.4, 0.5) is 18.9 Å². The highest BCUT2D eigenvalue weighted by atomic mass is 35.5. The number of rotatable bonds is 3. The summed E-state index contributed by atoms with van der Waals surface area (Å²) >= 11 is 11.9. The molecule has 0 spiro atoms. The second-order valence-electron chi connectivity index (χ2n) is 4.51. The highest BCUT2D eigenvalue weighted by molar-refractivity contribution is 6.37. The van der Waals surface area contributed by atoms with Crippen molar-refractivity contribution < 1.29 is 22.7 Å². The molecule has 2 rings (SSSR count). The Morgan fingerprint density at radius 3 is 2.26 bits per heavy atom. The van der Waals surface area contributed by atoms with E-state index in [1.807, 2.05) is 0 Å². The molecule has 1 N–H and O–H groups in total. The van der Waals surface area contributed by atoms with Gasteiger partial charge in [0, 0.05) is 11.3 Å². The molecule has 0 bridgehead atoms. The molecule has 0 aliphatic rings. The highest BCUT2D eigenvalue weighted by Gasteiger charge is 2.30. The minimum atomic E-state index is -4.49. The average Bonchev–Trinajstić information content (AvgIpc) is 2.46. The first kappa shape index (κ1) is 17.4. The van der Waals surface area contributed by atoms with E-state index in [4.69, 9.17) is 27.9 Å². The highest BCUT2D eigenvalue weighted by Crippen LogP contribution is 2.34. The first-order valence-electron chi connectivity index (χ1n) is 6.24. The molecule has 2 aromatic rings. The molecular weight excluding hydrogens is 354 g/mol. The first-order valence-corrected chi connectivity index (χ1v) is 6.99. The Balaban J connectivity index is 2.26. The van der Waals surface area contributed by atoms with Gasteiger partial charge in [-0.05, 0) is 30.3 Å². The summed E-state index contributed by atoms with van der Waals surface area (Å²) in [5.74, 6) is -0.431. The smallest absolute Gasteiger partial charge is 0.416 e. The van der Waals surface area contributed by atoms with Crippen molar-refractivity contribution in [2.24, 2.45) is 0 Å². The predicted octanol–water partition coefficient (Wildman–Crippen LogP) is 5.27. The second kappa shape index (κ2) is 6.68. The summed E-state index contributed by atoms with van der Waals surface area (Å²) in [5, 5.41) is 2.60. The number of carbonyl (C=O) groups is 1. The lowest BCUT2D eigenvalue weighted by Gasteiger charge is -2.11. The van der Waals surface area contributed by atoms with E-state index in [0.717, 1.165) is 12.1 Å². The Labute approximate surface area is 140 Å². The SMILES string of the molecule is COc1c(Cl)cc(C(=O)Nc2cccc(C(F)(F)F)c2)cc1Cl. The molecule has 0 aromatic heterocycles. The number of alkyl halides is 3. The maximum Gasteiger partial charge on any atom is 0.416 e. The minimum Gasteiger partial charge on any atom is -0.494 e. The Bertz CT molecular complexity index is 725. The predicted molar refractivity (Wildman–Crippen MR) is 82.4 cm³/mol. The number of carbonyl (C=O) groups excluding carboxylic acids is 1. The topological polar surface area (TPSA) is 38.3 Å². The van der Waals surface area contributed by atoms with E-state index in [-0.39, 0.29) is 27.0 Å². The van der Waals surface area contributed by atoms with Gasteiger partial charge in [-0.3, -0.25) is 4.79 Å². The number of hydrogen-bond donors (Lipinski definition) is 1. The molecule has 0 saturated heterocycles. The van der Waals surface area contributed by atoms with E-state index >= 15 is 0 Å². The van der Waals surface area contributed by atoms with E-state index in [1.54, 1.807) is 0 Å². The molecule has 0 aliphatic carbocycles. The minimum absolute atomic E-state index is 0.00730. The van der Waals surface area contributed by atoms with E-state index in [0.29, 0.717) is 0 Å². The largest absolute Gasteiger partial charge is 0.494 e. The molecule has 2 aromatic carbocycles. The molecule has 1 amide bonds. The van der Waals surface area contributed by atoms with E-state index in [2.05, 4.69) is 5.32 Å². The van der Waals surface area contributed by atoms with Crippen LogP contribution in [-0.2, 0) is 6.18 Å². The van der Waals surface area contributed by atoms with Crippen LogP contribution in [0.1, 0.15) is 15.9 Å². The Morgan fingerprint density at radius 2 is 1.74 bits per heavy atom. The van der Waals surface area contributed by atoms with Crippen molar-refractivity contribution in [1.29, 1.82) is 0 Å². The summed E-state index contributed by atoms with van der Waals surface area (Å²) < 4.78 is 42.9. The Morgan fingerprint density at radius 1 is 1.13 bits per heavy atom. The van der Waals surface area contributed by atoms with Crippen molar-refractivity contribution in [3.63, 3.8) is 0 Å². The third-order valence-electron chi connectivity index (χ3n) is 2.91. The molecule has 0 fully saturated rings. The van der Waals surface area contributed by atoms with Gasteiger partial charge in [0.1, 0.15) is 0 Å². The fourth-order valence-corrected chi connectivity index (χ4v) is 2.50. The van der Waals surface area contributed by atoms with Crippen LogP contribution >= 0.6 is 23.2 Å². The van der Waals surface area contributed by atoms with Crippen LogP contribution in [0.2, 0.25) is 10.0 Å². The monoisotopic (exact) mass is 363 g/mol. The van der Waals surface area contributed by atoms with Crippen molar-refractivity contribution in [1.82, 2.24) is 0 Å². The van der Waals surface area contributed by atoms with Crippen LogP contribution in [0.15, 0.2) is 36.4 Å². The molecule has 0 heterocycles. The van der Waals surface area contributed by atoms with Crippen molar-refractivity contribution in [2.75, 3.05) is 12.4 Å². The molecule has 23 heavy (non-hydrogen) atoms. The van der Waals surface area contributed by atoms with Crippen LogP contribution in [-0.4, -0.2) is 13.0 Å². The zero-order valence-corrected chi connectivity index (χ0v) is 13.2. The van der Waals surface area contributed by atoms with Gasteiger partial charge in [-0.25, -0.2) is 0 Å². The van der Waals surface area contributed by atoms with Gasteiger partial charge in [-0.15, -0.1) is 0 Å². The zero-order valence-electron chi connectivity index (χ0n) is 11.7. The van der Waals surface area contributed by atoms with Gasteiger partial charge in [-0.1, -0.05) is 29.3 Å². The summed E-state index contributed by atoms with van der Waals surface area (Å²) in [5.41, 5.74) is -0.757. The number of halogens is 5. The fraction of sp³-hybridized carbons (Fsp3) is 0.133. The van der Waals surface area contributed by atoms with Gasteiger partial charge in [0.25, 0.3) is 5.91 Å². The van der Waals surface area contributed by atoms with E-state index in [9.17, 15) is 18.0 Å². The van der Waals surface area contributed by atoms with E-state index < -0.39 is 17.6 Å². The van der Waals surface area contributed by atoms with Crippen LogP contribution in [0.3, 0.4) is 0 Å². The van der Waals surface area contributed by atoms with Crippen LogP contribution < -0.4 is 10.1 Å². The molecule has 0 aliphatic heterocycles. The lowest BCUT2D eigenvalue weighted by atomic mass is 10.1. The van der Waals surface area contributed by atoms with Crippen molar-refractivity contribution in [3.05, 3.63) is 57.6 Å². The maximum absolute atomic E-state index is 12.7. The summed E-state index contributed by atoms with van der Waals surface area (Å²) in [4.78, 5) is 12.1. The molecule has 122 valence electrons. The standard InChI is InChI=1S/C15H10Cl2F3NO2/c1-23-13-11(16)5-8(6-12(13)17)14(22)21-10-4-2-3-9(7-10)15(18,19)20/h2-7H,1H3,(H,21,22). The number of methoxy groups -OCH3 is 1. The lowest BCUT2D eigenvalue weighted by molar-refractivity contribution is -0.137. The third kappa shape index (κ3) is 4.09. The van der Waals surface area contributed by atoms with Gasteiger partial charge in [0.2, 0.25) is 0 Å². The van der Waals surface area contributed by atoms with Crippen LogP contribution in [0, 0.1) is 0 Å². The summed E-state index contributed by atoms with van der Waals surface area (Å²) in [6.45, 7) is 0. The van der Waals surface area contributed by atoms with E-state index in [1.165, 1.54) is 31.4 Å². The molecular formula is C15H10Cl2F3NO2. The average molecular weight is 364 g/mol. The van der Waals surface area contributed by atoms with Gasteiger partial charge in [0.05, 0.1) is 22.7 Å².